The maximum absolute atomic E-state index is 12.6. The van der Waals surface area contributed by atoms with Crippen molar-refractivity contribution in [2.24, 2.45) is 11.8 Å². The third-order valence-electron chi connectivity index (χ3n) is 4.90. The van der Waals surface area contributed by atoms with Crippen molar-refractivity contribution in [2.45, 2.75) is 50.9 Å². The standard InChI is InChI=1S/C20H28O8S/c1-13(2)10-15-11-20(19(23)26-3,28-29(4,24)25)12-16(17(15)21)27-18(22)14-8-6-5-7-9-14/h5-9,13,15-17,21H,10-12H2,1-4H3. The van der Waals surface area contributed by atoms with Crippen LogP contribution in [0, 0.1) is 11.8 Å². The maximum atomic E-state index is 12.6. The van der Waals surface area contributed by atoms with E-state index in [0.717, 1.165) is 13.4 Å². The van der Waals surface area contributed by atoms with Crippen molar-refractivity contribution in [1.82, 2.24) is 0 Å². The molecule has 0 aromatic heterocycles. The number of rotatable bonds is 7. The van der Waals surface area contributed by atoms with E-state index in [9.17, 15) is 23.1 Å². The summed E-state index contributed by atoms with van der Waals surface area (Å²) in [6.45, 7) is 3.87. The molecule has 1 aromatic rings. The number of carbonyl (C=O) groups excluding carboxylic acids is 2. The van der Waals surface area contributed by atoms with Gasteiger partial charge in [-0.3, -0.25) is 4.18 Å². The average molecular weight is 429 g/mol. The lowest BCUT2D eigenvalue weighted by Crippen LogP contribution is -2.57. The summed E-state index contributed by atoms with van der Waals surface area (Å²) in [5, 5.41) is 10.8. The van der Waals surface area contributed by atoms with Crippen molar-refractivity contribution in [3.05, 3.63) is 35.9 Å². The zero-order valence-electron chi connectivity index (χ0n) is 17.0. The van der Waals surface area contributed by atoms with Crippen LogP contribution >= 0.6 is 0 Å². The number of esters is 2. The van der Waals surface area contributed by atoms with Crippen LogP contribution in [0.2, 0.25) is 0 Å². The second kappa shape index (κ2) is 9.23. The van der Waals surface area contributed by atoms with E-state index in [2.05, 4.69) is 0 Å². The van der Waals surface area contributed by atoms with E-state index in [1.54, 1.807) is 30.3 Å². The first-order chi connectivity index (χ1) is 13.5. The Kier molecular flexibility index (Phi) is 7.42. The lowest BCUT2D eigenvalue weighted by Gasteiger charge is -2.44. The van der Waals surface area contributed by atoms with Gasteiger partial charge >= 0.3 is 11.9 Å². The highest BCUT2D eigenvalue weighted by Gasteiger charge is 2.55. The molecule has 162 valence electrons. The fourth-order valence-corrected chi connectivity index (χ4v) is 4.62. The van der Waals surface area contributed by atoms with Crippen molar-refractivity contribution < 1.29 is 36.8 Å². The van der Waals surface area contributed by atoms with Crippen molar-refractivity contribution >= 4 is 22.1 Å². The summed E-state index contributed by atoms with van der Waals surface area (Å²) in [6, 6.07) is 8.20. The van der Waals surface area contributed by atoms with E-state index in [1.165, 1.54) is 0 Å². The van der Waals surface area contributed by atoms with Crippen molar-refractivity contribution in [1.29, 1.82) is 0 Å². The zero-order valence-corrected chi connectivity index (χ0v) is 17.8. The molecule has 8 nitrogen and oxygen atoms in total. The average Bonchev–Trinajstić information content (AvgIpc) is 2.63. The van der Waals surface area contributed by atoms with Gasteiger partial charge in [0.1, 0.15) is 6.10 Å². The molecule has 0 amide bonds. The largest absolute Gasteiger partial charge is 0.467 e. The van der Waals surface area contributed by atoms with E-state index in [1.807, 2.05) is 13.8 Å². The predicted molar refractivity (Wildman–Crippen MR) is 105 cm³/mol. The quantitative estimate of drug-likeness (QED) is 0.517. The Morgan fingerprint density at radius 2 is 1.83 bits per heavy atom. The first-order valence-electron chi connectivity index (χ1n) is 9.40. The highest BCUT2D eigenvalue weighted by molar-refractivity contribution is 7.86. The molecule has 0 saturated heterocycles. The lowest BCUT2D eigenvalue weighted by molar-refractivity contribution is -0.177. The number of hydrogen-bond acceptors (Lipinski definition) is 8. The molecule has 4 atom stereocenters. The van der Waals surface area contributed by atoms with Crippen LogP contribution in [0.3, 0.4) is 0 Å². The monoisotopic (exact) mass is 428 g/mol. The Hall–Kier alpha value is -1.97. The molecular formula is C20H28O8S. The molecule has 0 spiro atoms. The summed E-state index contributed by atoms with van der Waals surface area (Å²) in [6.07, 6.45) is -1.29. The molecule has 2 rings (SSSR count). The van der Waals surface area contributed by atoms with Crippen LogP contribution in [-0.2, 0) is 28.6 Å². The van der Waals surface area contributed by atoms with Gasteiger partial charge < -0.3 is 14.6 Å². The molecule has 1 aromatic carbocycles. The molecule has 1 aliphatic carbocycles. The highest BCUT2D eigenvalue weighted by Crippen LogP contribution is 2.41. The minimum Gasteiger partial charge on any atom is -0.467 e. The Morgan fingerprint density at radius 1 is 1.21 bits per heavy atom. The summed E-state index contributed by atoms with van der Waals surface area (Å²) in [5.41, 5.74) is -1.60. The van der Waals surface area contributed by atoms with E-state index in [4.69, 9.17) is 13.7 Å². The summed E-state index contributed by atoms with van der Waals surface area (Å²) < 4.78 is 39.3. The van der Waals surface area contributed by atoms with Gasteiger partial charge in [0.05, 0.1) is 25.0 Å². The summed E-state index contributed by atoms with van der Waals surface area (Å²) in [4.78, 5) is 25.1. The van der Waals surface area contributed by atoms with Crippen LogP contribution in [0.25, 0.3) is 0 Å². The van der Waals surface area contributed by atoms with Gasteiger partial charge in [-0.1, -0.05) is 32.0 Å². The van der Waals surface area contributed by atoms with Gasteiger partial charge in [0.25, 0.3) is 10.1 Å². The highest BCUT2D eigenvalue weighted by atomic mass is 32.2. The number of aliphatic hydroxyl groups excluding tert-OH is 1. The number of hydrogen-bond donors (Lipinski definition) is 1. The molecule has 1 aliphatic rings. The molecule has 1 N–H and O–H groups in total. The van der Waals surface area contributed by atoms with E-state index in [0.29, 0.717) is 6.42 Å². The molecule has 1 fully saturated rings. The summed E-state index contributed by atoms with van der Waals surface area (Å²) in [7, 11) is -2.91. The van der Waals surface area contributed by atoms with Gasteiger partial charge in [-0.15, -0.1) is 0 Å². The van der Waals surface area contributed by atoms with Gasteiger partial charge in [-0.25, -0.2) is 9.59 Å². The van der Waals surface area contributed by atoms with Crippen LogP contribution in [0.15, 0.2) is 30.3 Å². The molecule has 0 heterocycles. The van der Waals surface area contributed by atoms with Crippen LogP contribution < -0.4 is 0 Å². The molecule has 29 heavy (non-hydrogen) atoms. The Balaban J connectivity index is 2.39. The number of ether oxygens (including phenoxy) is 2. The fraction of sp³-hybridized carbons (Fsp3) is 0.600. The van der Waals surface area contributed by atoms with E-state index >= 15 is 0 Å². The molecule has 0 bridgehead atoms. The third kappa shape index (κ3) is 6.01. The van der Waals surface area contributed by atoms with Gasteiger partial charge in [0.2, 0.25) is 0 Å². The molecular weight excluding hydrogens is 400 g/mol. The van der Waals surface area contributed by atoms with Crippen LogP contribution in [-0.4, -0.2) is 56.6 Å². The summed E-state index contributed by atoms with van der Waals surface area (Å²) in [5.74, 6) is -1.95. The second-order valence-corrected chi connectivity index (χ2v) is 9.45. The molecule has 4 unspecified atom stereocenters. The van der Waals surface area contributed by atoms with E-state index < -0.39 is 45.8 Å². The number of aliphatic hydroxyl groups is 1. The molecule has 0 radical (unpaired) electrons. The number of methoxy groups -OCH3 is 1. The predicted octanol–water partition coefficient (Wildman–Crippen LogP) is 1.92. The Labute approximate surface area is 171 Å². The topological polar surface area (TPSA) is 116 Å². The van der Waals surface area contributed by atoms with Gasteiger partial charge in [0, 0.05) is 6.42 Å². The molecule has 0 aliphatic heterocycles. The van der Waals surface area contributed by atoms with E-state index in [-0.39, 0.29) is 24.3 Å². The molecule has 1 saturated carbocycles. The van der Waals surface area contributed by atoms with Gasteiger partial charge in [0.15, 0.2) is 5.60 Å². The lowest BCUT2D eigenvalue weighted by atomic mass is 9.72. The van der Waals surface area contributed by atoms with Crippen molar-refractivity contribution in [3.63, 3.8) is 0 Å². The van der Waals surface area contributed by atoms with Gasteiger partial charge in [-0.05, 0) is 36.8 Å². The first-order valence-corrected chi connectivity index (χ1v) is 11.2. The number of benzene rings is 1. The van der Waals surface area contributed by atoms with Crippen molar-refractivity contribution in [3.8, 4) is 0 Å². The van der Waals surface area contributed by atoms with Crippen LogP contribution in [0.1, 0.15) is 43.5 Å². The minimum atomic E-state index is -4.03. The van der Waals surface area contributed by atoms with Crippen LogP contribution in [0.4, 0.5) is 0 Å². The normalized spacial score (nSPS) is 27.4. The smallest absolute Gasteiger partial charge is 0.339 e. The Bertz CT molecular complexity index is 820. The third-order valence-corrected chi connectivity index (χ3v) is 5.52. The molecule has 9 heteroatoms. The van der Waals surface area contributed by atoms with Crippen molar-refractivity contribution in [2.75, 3.05) is 13.4 Å². The Morgan fingerprint density at radius 3 is 2.34 bits per heavy atom. The summed E-state index contributed by atoms with van der Waals surface area (Å²) >= 11 is 0. The SMILES string of the molecule is COC(=O)C1(OS(C)(=O)=O)CC(CC(C)C)C(O)C(OC(=O)c2ccccc2)C1. The second-order valence-electron chi connectivity index (χ2n) is 7.87. The fourth-order valence-electron chi connectivity index (χ4n) is 3.84. The minimum absolute atomic E-state index is 0.0640. The number of carbonyl (C=O) groups is 2. The first kappa shape index (κ1) is 23.3. The maximum Gasteiger partial charge on any atom is 0.339 e. The van der Waals surface area contributed by atoms with Crippen LogP contribution in [0.5, 0.6) is 0 Å². The zero-order chi connectivity index (χ0) is 21.8. The van der Waals surface area contributed by atoms with Gasteiger partial charge in [-0.2, -0.15) is 8.42 Å².